The van der Waals surface area contributed by atoms with E-state index in [4.69, 9.17) is 9.84 Å². The first kappa shape index (κ1) is 14.2. The Hall–Kier alpha value is -1.88. The van der Waals surface area contributed by atoms with E-state index in [1.165, 1.54) is 6.07 Å². The lowest BCUT2D eigenvalue weighted by molar-refractivity contribution is -0.120. The number of nitrogens with one attached hydrogen (secondary N) is 1. The lowest BCUT2D eigenvalue weighted by atomic mass is 10.0. The van der Waals surface area contributed by atoms with E-state index in [2.05, 4.69) is 5.32 Å². The maximum atomic E-state index is 11.6. The van der Waals surface area contributed by atoms with Gasteiger partial charge in [-0.15, -0.1) is 0 Å². The molecule has 0 saturated heterocycles. The zero-order valence-electron chi connectivity index (χ0n) is 10.3. The van der Waals surface area contributed by atoms with Crippen LogP contribution in [0.2, 0.25) is 0 Å². The van der Waals surface area contributed by atoms with Crippen LogP contribution in [0.3, 0.4) is 0 Å². The Balaban J connectivity index is 2.51. The minimum atomic E-state index is -1.02. The highest BCUT2D eigenvalue weighted by Crippen LogP contribution is 2.09. The molecule has 0 unspecified atom stereocenters. The fourth-order valence-corrected chi connectivity index (χ4v) is 1.56. The van der Waals surface area contributed by atoms with Crippen molar-refractivity contribution >= 4 is 11.9 Å². The van der Waals surface area contributed by atoms with Crippen molar-refractivity contribution in [3.8, 4) is 0 Å². The Bertz CT molecular complexity index is 417. The quantitative estimate of drug-likeness (QED) is 0.711. The summed E-state index contributed by atoms with van der Waals surface area (Å²) in [5, 5.41) is 11.7. The number of aromatic carboxylic acids is 1. The van der Waals surface area contributed by atoms with Gasteiger partial charge in [0.25, 0.3) is 0 Å². The smallest absolute Gasteiger partial charge is 0.335 e. The Labute approximate surface area is 106 Å². The van der Waals surface area contributed by atoms with Crippen LogP contribution in [0.25, 0.3) is 0 Å². The summed E-state index contributed by atoms with van der Waals surface area (Å²) in [7, 11) is 1.60. The molecule has 1 amide bonds. The van der Waals surface area contributed by atoms with Crippen LogP contribution >= 0.6 is 0 Å². The van der Waals surface area contributed by atoms with Crippen LogP contribution in [0.1, 0.15) is 22.3 Å². The average Bonchev–Trinajstić information content (AvgIpc) is 2.35. The van der Waals surface area contributed by atoms with Gasteiger partial charge in [0.05, 0.1) is 12.0 Å². The van der Waals surface area contributed by atoms with Crippen molar-refractivity contribution in [2.24, 2.45) is 0 Å². The van der Waals surface area contributed by atoms with Crippen LogP contribution in [0.15, 0.2) is 24.3 Å². The molecule has 5 heteroatoms. The molecule has 0 aliphatic carbocycles. The SMILES string of the molecule is COCCCNC(=O)Cc1ccccc1C(=O)O. The second-order valence-electron chi connectivity index (χ2n) is 3.84. The highest BCUT2D eigenvalue weighted by atomic mass is 16.5. The van der Waals surface area contributed by atoms with Crippen molar-refractivity contribution in [3.63, 3.8) is 0 Å². The second-order valence-corrected chi connectivity index (χ2v) is 3.84. The fraction of sp³-hybridized carbons (Fsp3) is 0.385. The molecule has 0 heterocycles. The third-order valence-corrected chi connectivity index (χ3v) is 2.45. The lowest BCUT2D eigenvalue weighted by Gasteiger charge is -2.07. The number of rotatable bonds is 7. The van der Waals surface area contributed by atoms with E-state index in [9.17, 15) is 9.59 Å². The number of amides is 1. The standard InChI is InChI=1S/C13H17NO4/c1-18-8-4-7-14-12(15)9-10-5-2-3-6-11(10)13(16)17/h2-3,5-6H,4,7-9H2,1H3,(H,14,15)(H,16,17). The lowest BCUT2D eigenvalue weighted by Crippen LogP contribution is -2.27. The molecule has 0 aliphatic rings. The van der Waals surface area contributed by atoms with Gasteiger partial charge >= 0.3 is 5.97 Å². The molecule has 1 rings (SSSR count). The fourth-order valence-electron chi connectivity index (χ4n) is 1.56. The normalized spacial score (nSPS) is 10.1. The molecule has 5 nitrogen and oxygen atoms in total. The van der Waals surface area contributed by atoms with Gasteiger partial charge in [0.2, 0.25) is 5.91 Å². The van der Waals surface area contributed by atoms with E-state index in [0.717, 1.165) is 6.42 Å². The van der Waals surface area contributed by atoms with Crippen LogP contribution < -0.4 is 5.32 Å². The highest BCUT2D eigenvalue weighted by molar-refractivity contribution is 5.91. The van der Waals surface area contributed by atoms with E-state index in [1.54, 1.807) is 25.3 Å². The van der Waals surface area contributed by atoms with Gasteiger partial charge in [0, 0.05) is 20.3 Å². The first-order valence-corrected chi connectivity index (χ1v) is 5.72. The summed E-state index contributed by atoms with van der Waals surface area (Å²) in [4.78, 5) is 22.6. The Morgan fingerprint density at radius 3 is 2.72 bits per heavy atom. The molecule has 0 bridgehead atoms. The minimum Gasteiger partial charge on any atom is -0.478 e. The number of hydrogen-bond acceptors (Lipinski definition) is 3. The molecule has 0 saturated carbocycles. The van der Waals surface area contributed by atoms with Crippen LogP contribution in [-0.4, -0.2) is 37.2 Å². The van der Waals surface area contributed by atoms with Crippen LogP contribution in [-0.2, 0) is 16.0 Å². The van der Waals surface area contributed by atoms with Crippen molar-refractivity contribution in [1.29, 1.82) is 0 Å². The molecule has 98 valence electrons. The predicted octanol–water partition coefficient (Wildman–Crippen LogP) is 1.08. The van der Waals surface area contributed by atoms with E-state index in [1.807, 2.05) is 0 Å². The third-order valence-electron chi connectivity index (χ3n) is 2.45. The van der Waals surface area contributed by atoms with Gasteiger partial charge < -0.3 is 15.2 Å². The number of methoxy groups -OCH3 is 1. The summed E-state index contributed by atoms with van der Waals surface area (Å²) in [6.45, 7) is 1.12. The molecule has 0 spiro atoms. The van der Waals surface area contributed by atoms with Crippen molar-refractivity contribution < 1.29 is 19.4 Å². The number of hydrogen-bond donors (Lipinski definition) is 2. The van der Waals surface area contributed by atoms with Crippen LogP contribution in [0.5, 0.6) is 0 Å². The Morgan fingerprint density at radius 1 is 1.33 bits per heavy atom. The minimum absolute atomic E-state index is 0.0788. The predicted molar refractivity (Wildman–Crippen MR) is 66.6 cm³/mol. The van der Waals surface area contributed by atoms with Gasteiger partial charge in [-0.2, -0.15) is 0 Å². The van der Waals surface area contributed by atoms with Crippen molar-refractivity contribution in [1.82, 2.24) is 5.32 Å². The summed E-state index contributed by atoms with van der Waals surface area (Å²) in [5.41, 5.74) is 0.693. The number of carbonyl (C=O) groups excluding carboxylic acids is 1. The summed E-state index contributed by atoms with van der Waals surface area (Å²) in [6, 6.07) is 6.51. The van der Waals surface area contributed by atoms with Crippen LogP contribution in [0, 0.1) is 0 Å². The monoisotopic (exact) mass is 251 g/mol. The van der Waals surface area contributed by atoms with Crippen molar-refractivity contribution in [3.05, 3.63) is 35.4 Å². The van der Waals surface area contributed by atoms with E-state index < -0.39 is 5.97 Å². The molecular formula is C13H17NO4. The summed E-state index contributed by atoms with van der Waals surface area (Å²) >= 11 is 0. The molecule has 0 atom stereocenters. The molecule has 2 N–H and O–H groups in total. The molecular weight excluding hydrogens is 234 g/mol. The third kappa shape index (κ3) is 4.55. The molecule has 1 aromatic carbocycles. The zero-order valence-corrected chi connectivity index (χ0v) is 10.3. The molecule has 0 aromatic heterocycles. The molecule has 0 radical (unpaired) electrons. The van der Waals surface area contributed by atoms with Gasteiger partial charge in [-0.25, -0.2) is 4.79 Å². The maximum absolute atomic E-state index is 11.6. The summed E-state index contributed by atoms with van der Waals surface area (Å²) in [5.74, 6) is -1.20. The molecule has 0 fully saturated rings. The maximum Gasteiger partial charge on any atom is 0.335 e. The van der Waals surface area contributed by atoms with Gasteiger partial charge in [-0.1, -0.05) is 18.2 Å². The van der Waals surface area contributed by atoms with E-state index >= 15 is 0 Å². The summed E-state index contributed by atoms with van der Waals surface area (Å²) in [6.07, 6.45) is 0.818. The summed E-state index contributed by atoms with van der Waals surface area (Å²) < 4.78 is 4.86. The number of benzene rings is 1. The number of ether oxygens (including phenoxy) is 1. The first-order valence-electron chi connectivity index (χ1n) is 5.72. The number of carboxylic acids is 1. The zero-order chi connectivity index (χ0) is 13.4. The average molecular weight is 251 g/mol. The van der Waals surface area contributed by atoms with Gasteiger partial charge in [0.15, 0.2) is 0 Å². The van der Waals surface area contributed by atoms with Gasteiger partial charge in [0.1, 0.15) is 0 Å². The van der Waals surface area contributed by atoms with E-state index in [-0.39, 0.29) is 17.9 Å². The van der Waals surface area contributed by atoms with Crippen molar-refractivity contribution in [2.75, 3.05) is 20.3 Å². The van der Waals surface area contributed by atoms with Crippen molar-refractivity contribution in [2.45, 2.75) is 12.8 Å². The van der Waals surface area contributed by atoms with E-state index in [0.29, 0.717) is 18.7 Å². The van der Waals surface area contributed by atoms with Gasteiger partial charge in [-0.3, -0.25) is 4.79 Å². The highest BCUT2D eigenvalue weighted by Gasteiger charge is 2.11. The number of carbonyl (C=O) groups is 2. The number of carboxylic acid groups (broad SMARTS) is 1. The second kappa shape index (κ2) is 7.45. The van der Waals surface area contributed by atoms with Gasteiger partial charge in [-0.05, 0) is 18.1 Å². The Morgan fingerprint density at radius 2 is 2.06 bits per heavy atom. The largest absolute Gasteiger partial charge is 0.478 e. The molecule has 18 heavy (non-hydrogen) atoms. The van der Waals surface area contributed by atoms with Crippen LogP contribution in [0.4, 0.5) is 0 Å². The molecule has 0 aliphatic heterocycles. The topological polar surface area (TPSA) is 75.6 Å². The Kier molecular flexibility index (Phi) is 5.87. The molecule has 1 aromatic rings. The first-order chi connectivity index (χ1) is 8.65.